The average molecular weight is 348 g/mol. The van der Waals surface area contributed by atoms with Gasteiger partial charge in [-0.2, -0.15) is 0 Å². The van der Waals surface area contributed by atoms with Crippen LogP contribution in [-0.2, 0) is 9.59 Å². The van der Waals surface area contributed by atoms with Crippen LogP contribution in [0.3, 0.4) is 0 Å². The molecule has 4 aliphatic carbocycles. The Balaban J connectivity index is 1.72. The van der Waals surface area contributed by atoms with Crippen LogP contribution in [-0.4, -0.2) is 33.5 Å². The zero-order valence-electron chi connectivity index (χ0n) is 15.8. The minimum atomic E-state index is -1.39. The lowest BCUT2D eigenvalue weighted by Crippen LogP contribution is -2.66. The molecular formula is C21H32O4. The maximum atomic E-state index is 13.3. The number of rotatable bonds is 0. The van der Waals surface area contributed by atoms with Gasteiger partial charge in [0.25, 0.3) is 0 Å². The standard InChI is InChI=1S/C21H32O4/c1-19-9-8-13(22)10-12(19)4-5-14-15-6-7-17(24)21(3,25)20(15,2)11-16(23)18(14)19/h12-15,18,22,25H,4-11H2,1-3H3/t12-,13-,14-,15-,18+,19-,20+,21+/m0/s1. The van der Waals surface area contributed by atoms with Gasteiger partial charge in [-0.25, -0.2) is 0 Å². The predicted molar refractivity (Wildman–Crippen MR) is 93.8 cm³/mol. The molecule has 0 heterocycles. The summed E-state index contributed by atoms with van der Waals surface area (Å²) in [7, 11) is 0. The monoisotopic (exact) mass is 348 g/mol. The van der Waals surface area contributed by atoms with Crippen molar-refractivity contribution in [3.8, 4) is 0 Å². The summed E-state index contributed by atoms with van der Waals surface area (Å²) in [6.45, 7) is 5.88. The molecule has 4 saturated carbocycles. The van der Waals surface area contributed by atoms with Crippen LogP contribution < -0.4 is 0 Å². The molecule has 0 bridgehead atoms. The molecule has 25 heavy (non-hydrogen) atoms. The summed E-state index contributed by atoms with van der Waals surface area (Å²) in [4.78, 5) is 25.7. The number of aliphatic hydroxyl groups is 2. The van der Waals surface area contributed by atoms with Crippen LogP contribution in [0.25, 0.3) is 0 Å². The van der Waals surface area contributed by atoms with Gasteiger partial charge in [-0.3, -0.25) is 9.59 Å². The molecule has 4 heteroatoms. The first-order valence-electron chi connectivity index (χ1n) is 10.1. The number of hydrogen-bond donors (Lipinski definition) is 2. The molecule has 0 radical (unpaired) electrons. The smallest absolute Gasteiger partial charge is 0.164 e. The van der Waals surface area contributed by atoms with Gasteiger partial charge in [-0.1, -0.05) is 13.8 Å². The molecule has 140 valence electrons. The fourth-order valence-electron chi connectivity index (χ4n) is 7.33. The third kappa shape index (κ3) is 2.19. The molecule has 4 nitrogen and oxygen atoms in total. The summed E-state index contributed by atoms with van der Waals surface area (Å²) in [6.07, 6.45) is 5.94. The van der Waals surface area contributed by atoms with Crippen molar-refractivity contribution in [2.75, 3.05) is 0 Å². The van der Waals surface area contributed by atoms with Gasteiger partial charge in [0.05, 0.1) is 6.10 Å². The quantitative estimate of drug-likeness (QED) is 0.706. The largest absolute Gasteiger partial charge is 0.393 e. The van der Waals surface area contributed by atoms with Crippen molar-refractivity contribution in [3.05, 3.63) is 0 Å². The van der Waals surface area contributed by atoms with Gasteiger partial charge < -0.3 is 10.2 Å². The van der Waals surface area contributed by atoms with E-state index in [1.54, 1.807) is 6.92 Å². The van der Waals surface area contributed by atoms with Gasteiger partial charge >= 0.3 is 0 Å². The number of hydrogen-bond acceptors (Lipinski definition) is 4. The zero-order valence-corrected chi connectivity index (χ0v) is 15.8. The van der Waals surface area contributed by atoms with E-state index in [2.05, 4.69) is 6.92 Å². The van der Waals surface area contributed by atoms with Crippen LogP contribution >= 0.6 is 0 Å². The van der Waals surface area contributed by atoms with E-state index in [0.717, 1.165) is 38.5 Å². The first kappa shape index (κ1) is 17.7. The molecule has 8 atom stereocenters. The molecule has 0 unspecified atom stereocenters. The molecule has 0 aromatic rings. The van der Waals surface area contributed by atoms with E-state index in [1.165, 1.54) is 0 Å². The molecule has 4 fully saturated rings. The highest BCUT2D eigenvalue weighted by atomic mass is 16.3. The fraction of sp³-hybridized carbons (Fsp3) is 0.905. The molecule has 0 aromatic heterocycles. The molecule has 4 aliphatic rings. The average Bonchev–Trinajstić information content (AvgIpc) is 2.52. The Kier molecular flexibility index (Phi) is 3.81. The van der Waals surface area contributed by atoms with Crippen molar-refractivity contribution in [3.63, 3.8) is 0 Å². The lowest BCUT2D eigenvalue weighted by Gasteiger charge is -2.63. The van der Waals surface area contributed by atoms with Crippen LogP contribution in [0.4, 0.5) is 0 Å². The topological polar surface area (TPSA) is 74.6 Å². The summed E-state index contributed by atoms with van der Waals surface area (Å²) in [5.74, 6) is 1.15. The van der Waals surface area contributed by atoms with Gasteiger partial charge in [0.1, 0.15) is 11.4 Å². The third-order valence-corrected chi connectivity index (χ3v) is 9.05. The highest BCUT2D eigenvalue weighted by molar-refractivity contribution is 5.92. The second kappa shape index (κ2) is 5.39. The predicted octanol–water partition coefficient (Wildman–Crippen LogP) is 2.89. The Morgan fingerprint density at radius 3 is 2.48 bits per heavy atom. The van der Waals surface area contributed by atoms with E-state index >= 15 is 0 Å². The van der Waals surface area contributed by atoms with Crippen molar-refractivity contribution >= 4 is 11.6 Å². The number of aliphatic hydroxyl groups excluding tert-OH is 1. The van der Waals surface area contributed by atoms with Crippen LogP contribution in [0.5, 0.6) is 0 Å². The van der Waals surface area contributed by atoms with E-state index in [1.807, 2.05) is 6.92 Å². The second-order valence-electron chi connectivity index (χ2n) is 10.1. The maximum absolute atomic E-state index is 13.3. The van der Waals surface area contributed by atoms with Crippen LogP contribution in [0.2, 0.25) is 0 Å². The molecule has 0 amide bonds. The van der Waals surface area contributed by atoms with Gasteiger partial charge in [-0.15, -0.1) is 0 Å². The Hall–Kier alpha value is -0.740. The van der Waals surface area contributed by atoms with Gasteiger partial charge in [0, 0.05) is 24.2 Å². The highest BCUT2D eigenvalue weighted by Crippen LogP contribution is 2.65. The number of ketones is 2. The SMILES string of the molecule is C[C@]12CC[C@H](O)C[C@@H]1CC[C@@H]1[C@@H]2C(=O)C[C@]2(C)[C@H]1CCC(=O)[C@@]2(C)O. The lowest BCUT2D eigenvalue weighted by molar-refractivity contribution is -0.199. The Morgan fingerprint density at radius 2 is 1.76 bits per heavy atom. The molecule has 4 rings (SSSR count). The maximum Gasteiger partial charge on any atom is 0.164 e. The molecule has 2 N–H and O–H groups in total. The number of fused-ring (bicyclic) bond motifs is 5. The van der Waals surface area contributed by atoms with E-state index in [-0.39, 0.29) is 40.8 Å². The van der Waals surface area contributed by atoms with Crippen molar-refractivity contribution in [1.29, 1.82) is 0 Å². The van der Waals surface area contributed by atoms with Gasteiger partial charge in [-0.05, 0) is 68.6 Å². The summed E-state index contributed by atoms with van der Waals surface area (Å²) in [5.41, 5.74) is -2.04. The van der Waals surface area contributed by atoms with E-state index < -0.39 is 11.0 Å². The Bertz CT molecular complexity index is 611. The minimum Gasteiger partial charge on any atom is -0.393 e. The molecular weight excluding hydrogens is 316 g/mol. The van der Waals surface area contributed by atoms with E-state index in [9.17, 15) is 19.8 Å². The van der Waals surface area contributed by atoms with Gasteiger partial charge in [0.2, 0.25) is 0 Å². The normalized spacial score (nSPS) is 56.0. The van der Waals surface area contributed by atoms with Crippen LogP contribution in [0.1, 0.15) is 72.1 Å². The van der Waals surface area contributed by atoms with Crippen molar-refractivity contribution < 1.29 is 19.8 Å². The summed E-state index contributed by atoms with van der Waals surface area (Å²) >= 11 is 0. The van der Waals surface area contributed by atoms with Crippen LogP contribution in [0.15, 0.2) is 0 Å². The first-order valence-corrected chi connectivity index (χ1v) is 10.1. The fourth-order valence-corrected chi connectivity index (χ4v) is 7.33. The Labute approximate surface area is 150 Å². The lowest BCUT2D eigenvalue weighted by atomic mass is 9.40. The van der Waals surface area contributed by atoms with E-state index in [4.69, 9.17) is 0 Å². The second-order valence-corrected chi connectivity index (χ2v) is 10.1. The summed E-state index contributed by atoms with van der Waals surface area (Å²) in [5, 5.41) is 21.1. The summed E-state index contributed by atoms with van der Waals surface area (Å²) in [6, 6.07) is 0. The first-order chi connectivity index (χ1) is 11.6. The molecule has 0 aromatic carbocycles. The zero-order chi connectivity index (χ0) is 18.2. The Morgan fingerprint density at radius 1 is 1.04 bits per heavy atom. The highest BCUT2D eigenvalue weighted by Gasteiger charge is 2.66. The van der Waals surface area contributed by atoms with Crippen molar-refractivity contribution in [1.82, 2.24) is 0 Å². The number of carbonyl (C=O) groups excluding carboxylic acids is 2. The van der Waals surface area contributed by atoms with Gasteiger partial charge in [0.15, 0.2) is 5.78 Å². The summed E-state index contributed by atoms with van der Waals surface area (Å²) < 4.78 is 0. The molecule has 0 saturated heterocycles. The third-order valence-electron chi connectivity index (χ3n) is 9.05. The minimum absolute atomic E-state index is 0.0200. The number of Topliss-reactive ketones (excluding diaryl/α,β-unsaturated/α-hetero) is 2. The molecule has 0 spiro atoms. The van der Waals surface area contributed by atoms with Crippen molar-refractivity contribution in [2.24, 2.45) is 34.5 Å². The molecule has 0 aliphatic heterocycles. The number of carbonyl (C=O) groups is 2. The van der Waals surface area contributed by atoms with E-state index in [0.29, 0.717) is 18.8 Å². The van der Waals surface area contributed by atoms with Crippen LogP contribution in [0, 0.1) is 34.5 Å². The van der Waals surface area contributed by atoms with Crippen molar-refractivity contribution in [2.45, 2.75) is 83.8 Å².